The van der Waals surface area contributed by atoms with Gasteiger partial charge in [0.1, 0.15) is 0 Å². The number of rotatable bonds is 2. The van der Waals surface area contributed by atoms with Gasteiger partial charge in [-0.25, -0.2) is 4.79 Å². The van der Waals surface area contributed by atoms with Crippen LogP contribution in [0.25, 0.3) is 11.4 Å². The van der Waals surface area contributed by atoms with Crippen molar-refractivity contribution in [2.75, 3.05) is 0 Å². The number of aromatic carboxylic acids is 1. The summed E-state index contributed by atoms with van der Waals surface area (Å²) in [6.45, 7) is 0. The summed E-state index contributed by atoms with van der Waals surface area (Å²) in [6, 6.07) is 6.35. The summed E-state index contributed by atoms with van der Waals surface area (Å²) < 4.78 is 0. The van der Waals surface area contributed by atoms with Gasteiger partial charge in [0.15, 0.2) is 0 Å². The van der Waals surface area contributed by atoms with Crippen molar-refractivity contribution in [2.45, 2.75) is 0 Å². The second kappa shape index (κ2) is 3.25. The van der Waals surface area contributed by atoms with Crippen molar-refractivity contribution >= 4 is 5.97 Å². The predicted octanol–water partition coefficient (Wildman–Crippen LogP) is 0.565. The number of hydrogen-bond donors (Lipinski definition) is 2. The Morgan fingerprint density at radius 2 is 2.29 bits per heavy atom. The summed E-state index contributed by atoms with van der Waals surface area (Å²) in [4.78, 5) is 10.7. The zero-order valence-electron chi connectivity index (χ0n) is 7.01. The molecule has 1 aromatic carbocycles. The van der Waals surface area contributed by atoms with Crippen molar-refractivity contribution in [2.24, 2.45) is 0 Å². The van der Waals surface area contributed by atoms with Crippen LogP contribution in [0.4, 0.5) is 0 Å². The van der Waals surface area contributed by atoms with Crippen LogP contribution in [-0.2, 0) is 0 Å². The van der Waals surface area contributed by atoms with E-state index in [9.17, 15) is 4.79 Å². The van der Waals surface area contributed by atoms with E-state index in [-0.39, 0.29) is 5.56 Å². The second-order valence-electron chi connectivity index (χ2n) is 2.62. The summed E-state index contributed by atoms with van der Waals surface area (Å²) >= 11 is 0. The molecule has 0 aliphatic rings. The molecule has 6 nitrogen and oxygen atoms in total. The molecule has 1 heterocycles. The third-order valence-corrected chi connectivity index (χ3v) is 1.71. The molecule has 0 aliphatic heterocycles. The number of aromatic amines is 1. The number of carboxylic acids is 1. The van der Waals surface area contributed by atoms with E-state index in [0.29, 0.717) is 11.4 Å². The van der Waals surface area contributed by atoms with Gasteiger partial charge in [0.05, 0.1) is 5.56 Å². The average Bonchev–Trinajstić information content (AvgIpc) is 2.71. The number of carboxylic acid groups (broad SMARTS) is 1. The van der Waals surface area contributed by atoms with Crippen molar-refractivity contribution in [3.8, 4) is 11.4 Å². The maximum Gasteiger partial charge on any atom is 0.335 e. The van der Waals surface area contributed by atoms with Crippen molar-refractivity contribution in [3.63, 3.8) is 0 Å². The molecule has 0 atom stereocenters. The minimum atomic E-state index is -0.977. The Bertz CT molecular complexity index is 452. The summed E-state index contributed by atoms with van der Waals surface area (Å²) in [7, 11) is 0. The van der Waals surface area contributed by atoms with Gasteiger partial charge in [0.25, 0.3) is 0 Å². The van der Waals surface area contributed by atoms with Crippen LogP contribution in [0.5, 0.6) is 0 Å². The van der Waals surface area contributed by atoms with Crippen LogP contribution in [0.1, 0.15) is 10.4 Å². The molecule has 0 saturated heterocycles. The Morgan fingerprint density at radius 3 is 2.93 bits per heavy atom. The standard InChI is InChI=1S/C8H6N4O2/c13-8(14)6-3-1-2-5(4-6)7-9-11-12-10-7/h1-4H,(H,13,14)(H,9,10,11,12). The molecular weight excluding hydrogens is 184 g/mol. The largest absolute Gasteiger partial charge is 0.478 e. The summed E-state index contributed by atoms with van der Waals surface area (Å²) in [5.74, 6) is -0.594. The molecular formula is C8H6N4O2. The minimum absolute atomic E-state index is 0.201. The molecule has 0 saturated carbocycles. The molecule has 0 radical (unpaired) electrons. The highest BCUT2D eigenvalue weighted by Gasteiger charge is 2.06. The van der Waals surface area contributed by atoms with Gasteiger partial charge < -0.3 is 5.11 Å². The van der Waals surface area contributed by atoms with Crippen molar-refractivity contribution in [1.29, 1.82) is 0 Å². The lowest BCUT2D eigenvalue weighted by Crippen LogP contribution is -1.96. The van der Waals surface area contributed by atoms with Crippen LogP contribution in [0.2, 0.25) is 0 Å². The Hall–Kier alpha value is -2.24. The Balaban J connectivity index is 2.46. The van der Waals surface area contributed by atoms with E-state index in [4.69, 9.17) is 5.11 Å². The Morgan fingerprint density at radius 1 is 1.43 bits per heavy atom. The van der Waals surface area contributed by atoms with Crippen LogP contribution in [0.15, 0.2) is 24.3 Å². The fourth-order valence-electron chi connectivity index (χ4n) is 1.08. The third kappa shape index (κ3) is 1.45. The fourth-order valence-corrected chi connectivity index (χ4v) is 1.08. The molecule has 0 unspecified atom stereocenters. The number of nitrogens with zero attached hydrogens (tertiary/aromatic N) is 3. The van der Waals surface area contributed by atoms with Crippen molar-refractivity contribution < 1.29 is 9.90 Å². The summed E-state index contributed by atoms with van der Waals surface area (Å²) in [6.07, 6.45) is 0. The molecule has 2 aromatic rings. The third-order valence-electron chi connectivity index (χ3n) is 1.71. The molecule has 70 valence electrons. The van der Waals surface area contributed by atoms with E-state index in [1.165, 1.54) is 12.1 Å². The first-order valence-corrected chi connectivity index (χ1v) is 3.84. The molecule has 2 N–H and O–H groups in total. The van der Waals surface area contributed by atoms with E-state index >= 15 is 0 Å². The lowest BCUT2D eigenvalue weighted by atomic mass is 10.1. The lowest BCUT2D eigenvalue weighted by molar-refractivity contribution is 0.0697. The van der Waals surface area contributed by atoms with Crippen LogP contribution < -0.4 is 0 Å². The van der Waals surface area contributed by atoms with Gasteiger partial charge in [-0.2, -0.15) is 5.21 Å². The van der Waals surface area contributed by atoms with Crippen molar-refractivity contribution in [3.05, 3.63) is 29.8 Å². The molecule has 0 aliphatic carbocycles. The maximum atomic E-state index is 10.7. The molecule has 0 fully saturated rings. The first-order chi connectivity index (χ1) is 6.77. The second-order valence-corrected chi connectivity index (χ2v) is 2.62. The smallest absolute Gasteiger partial charge is 0.335 e. The van der Waals surface area contributed by atoms with E-state index in [0.717, 1.165) is 0 Å². The number of tetrazole rings is 1. The summed E-state index contributed by atoms with van der Waals surface area (Å²) in [5.41, 5.74) is 0.825. The van der Waals surface area contributed by atoms with Gasteiger partial charge >= 0.3 is 5.97 Å². The van der Waals surface area contributed by atoms with Crippen molar-refractivity contribution in [1.82, 2.24) is 20.6 Å². The highest BCUT2D eigenvalue weighted by atomic mass is 16.4. The number of aromatic nitrogens is 4. The first-order valence-electron chi connectivity index (χ1n) is 3.84. The molecule has 0 amide bonds. The Labute approximate surface area is 78.6 Å². The van der Waals surface area contributed by atoms with E-state index in [1.807, 2.05) is 0 Å². The number of nitrogens with one attached hydrogen (secondary N) is 1. The van der Waals surface area contributed by atoms with E-state index < -0.39 is 5.97 Å². The number of H-pyrrole nitrogens is 1. The zero-order valence-corrected chi connectivity index (χ0v) is 7.01. The van der Waals surface area contributed by atoms with Gasteiger partial charge in [-0.3, -0.25) is 0 Å². The van der Waals surface area contributed by atoms with Gasteiger partial charge in [-0.1, -0.05) is 12.1 Å². The molecule has 6 heteroatoms. The maximum absolute atomic E-state index is 10.7. The van der Waals surface area contributed by atoms with Crippen LogP contribution in [0.3, 0.4) is 0 Å². The van der Waals surface area contributed by atoms with Gasteiger partial charge in [0.2, 0.25) is 5.82 Å². The Kier molecular flexibility index (Phi) is 1.94. The highest BCUT2D eigenvalue weighted by Crippen LogP contribution is 2.14. The minimum Gasteiger partial charge on any atom is -0.478 e. The van der Waals surface area contributed by atoms with Crippen LogP contribution in [0, 0.1) is 0 Å². The topological polar surface area (TPSA) is 91.8 Å². The summed E-state index contributed by atoms with van der Waals surface area (Å²) in [5, 5.41) is 21.9. The SMILES string of the molecule is O=C(O)c1cccc(-c2nn[nH]n2)c1. The van der Waals surface area contributed by atoms with Crippen LogP contribution in [-0.4, -0.2) is 31.7 Å². The molecule has 1 aromatic heterocycles. The monoisotopic (exact) mass is 190 g/mol. The number of benzene rings is 1. The number of hydrogen-bond acceptors (Lipinski definition) is 4. The fraction of sp³-hybridized carbons (Fsp3) is 0. The van der Waals surface area contributed by atoms with E-state index in [1.54, 1.807) is 12.1 Å². The predicted molar refractivity (Wildman–Crippen MR) is 46.6 cm³/mol. The molecule has 0 spiro atoms. The van der Waals surface area contributed by atoms with Gasteiger partial charge in [0, 0.05) is 5.56 Å². The molecule has 14 heavy (non-hydrogen) atoms. The van der Waals surface area contributed by atoms with E-state index in [2.05, 4.69) is 20.6 Å². The first kappa shape index (κ1) is 8.36. The normalized spacial score (nSPS) is 10.0. The number of carbonyl (C=O) groups is 1. The average molecular weight is 190 g/mol. The lowest BCUT2D eigenvalue weighted by Gasteiger charge is -1.96. The zero-order chi connectivity index (χ0) is 9.97. The molecule has 2 rings (SSSR count). The molecule has 0 bridgehead atoms. The quantitative estimate of drug-likeness (QED) is 0.722. The van der Waals surface area contributed by atoms with Gasteiger partial charge in [-0.05, 0) is 17.3 Å². The highest BCUT2D eigenvalue weighted by molar-refractivity contribution is 5.88. The van der Waals surface area contributed by atoms with Crippen LogP contribution >= 0.6 is 0 Å². The van der Waals surface area contributed by atoms with Gasteiger partial charge in [-0.15, -0.1) is 10.2 Å².